The van der Waals surface area contributed by atoms with Crippen molar-refractivity contribution in [3.8, 4) is 0 Å². The van der Waals surface area contributed by atoms with Gasteiger partial charge in [-0.15, -0.1) is 0 Å². The second-order valence-corrected chi connectivity index (χ2v) is 16.2. The summed E-state index contributed by atoms with van der Waals surface area (Å²) in [5, 5.41) is 0. The van der Waals surface area contributed by atoms with Gasteiger partial charge in [0.15, 0.2) is 0 Å². The monoisotopic (exact) mass is 1110 g/mol. The molecule has 398 valence electrons. The molecule has 0 heterocycles. The number of alkyl halides is 34. The van der Waals surface area contributed by atoms with E-state index in [2.05, 4.69) is 8.37 Å². The summed E-state index contributed by atoms with van der Waals surface area (Å²) in [5.41, 5.74) is 0. The minimum atomic E-state index is -9.01. The molecule has 0 saturated heterocycles. The molecule has 0 fully saturated rings. The van der Waals surface area contributed by atoms with Gasteiger partial charge >= 0.3 is 95.3 Å². The van der Waals surface area contributed by atoms with E-state index in [0.717, 1.165) is 0 Å². The fourth-order valence-corrected chi connectivity index (χ4v) is 5.90. The molecule has 0 rings (SSSR count). The van der Waals surface area contributed by atoms with Gasteiger partial charge in [0.2, 0.25) is 0 Å². The van der Waals surface area contributed by atoms with Gasteiger partial charge in [-0.05, 0) is 12.8 Å². The van der Waals surface area contributed by atoms with Crippen LogP contribution >= 0.6 is 0 Å². The minimum absolute atomic E-state index is 1.18. The van der Waals surface area contributed by atoms with Crippen LogP contribution in [0.3, 0.4) is 0 Å². The molecule has 0 saturated carbocycles. The van der Waals surface area contributed by atoms with Gasteiger partial charge < -0.3 is 0 Å². The minimum Gasteiger partial charge on any atom is -0.270 e. The molecule has 6 nitrogen and oxygen atoms in total. The fourth-order valence-electron chi connectivity index (χ4n) is 3.91. The molecule has 0 amide bonds. The molecule has 0 bridgehead atoms. The van der Waals surface area contributed by atoms with Gasteiger partial charge in [0.25, 0.3) is 20.2 Å². The van der Waals surface area contributed by atoms with E-state index in [9.17, 15) is 166 Å². The largest absolute Gasteiger partial charge is 0.460 e. The van der Waals surface area contributed by atoms with Crippen LogP contribution in [0.5, 0.6) is 0 Å². The van der Waals surface area contributed by atoms with E-state index in [1.807, 2.05) is 0 Å². The predicted molar refractivity (Wildman–Crippen MR) is 139 cm³/mol. The highest BCUT2D eigenvalue weighted by Gasteiger charge is 2.97. The number of hydrogen-bond donors (Lipinski definition) is 0. The van der Waals surface area contributed by atoms with Crippen LogP contribution in [0, 0.1) is 0 Å². The third-order valence-electron chi connectivity index (χ3n) is 7.97. The third kappa shape index (κ3) is 10.2. The average Bonchev–Trinajstić information content (AvgIpc) is 3.09. The maximum Gasteiger partial charge on any atom is 0.460 e. The molecular formula is C24H16F34O6S2. The van der Waals surface area contributed by atoms with Gasteiger partial charge in [-0.1, -0.05) is 0 Å². The second kappa shape index (κ2) is 17.7. The SMILES string of the molecule is O=S(=O)(CCC(F)(F)C(F)(F)C(F)(F)C(F)(F)C(F)(F)C(F)(F)C(F)(F)C(F)(F)F)OCCCCOS(=O)(=O)CCC(F)(F)C(F)(F)C(F)(F)C(F)(F)C(F)(F)C(F)(F)C(F)(F)C(F)(F)F. The van der Waals surface area contributed by atoms with Gasteiger partial charge in [0.05, 0.1) is 24.7 Å². The van der Waals surface area contributed by atoms with Gasteiger partial charge in [0, 0.05) is 12.8 Å². The van der Waals surface area contributed by atoms with Crippen LogP contribution in [0.1, 0.15) is 25.7 Å². The second-order valence-electron chi connectivity index (χ2n) is 12.7. The molecule has 42 heteroatoms. The van der Waals surface area contributed by atoms with Crippen LogP contribution in [0.2, 0.25) is 0 Å². The highest BCUT2D eigenvalue weighted by Crippen LogP contribution is 2.66. The molecule has 0 aliphatic rings. The van der Waals surface area contributed by atoms with Crippen molar-refractivity contribution in [2.24, 2.45) is 0 Å². The first kappa shape index (κ1) is 63.4. The topological polar surface area (TPSA) is 86.7 Å². The number of rotatable bonds is 25. The first-order chi connectivity index (χ1) is 28.1. The maximum absolute atomic E-state index is 14.0. The van der Waals surface area contributed by atoms with Crippen LogP contribution in [0.15, 0.2) is 0 Å². The lowest BCUT2D eigenvalue weighted by Gasteiger charge is -2.42. The van der Waals surface area contributed by atoms with Crippen molar-refractivity contribution in [3.05, 3.63) is 0 Å². The van der Waals surface area contributed by atoms with Gasteiger partial charge in [-0.2, -0.15) is 166 Å². The van der Waals surface area contributed by atoms with Gasteiger partial charge in [0.1, 0.15) is 0 Å². The molecule has 0 unspecified atom stereocenters. The zero-order valence-corrected chi connectivity index (χ0v) is 31.4. The Bertz CT molecular complexity index is 1760. The van der Waals surface area contributed by atoms with Crippen molar-refractivity contribution in [3.63, 3.8) is 0 Å². The van der Waals surface area contributed by atoms with Crippen LogP contribution in [0.4, 0.5) is 149 Å². The Labute approximate surface area is 341 Å². The first-order valence-electron chi connectivity index (χ1n) is 15.3. The van der Waals surface area contributed by atoms with E-state index in [0.29, 0.717) is 0 Å². The smallest absolute Gasteiger partial charge is 0.270 e. The van der Waals surface area contributed by atoms with Crippen molar-refractivity contribution < 1.29 is 174 Å². The standard InChI is InChI=1S/C24H16F34O6S2/c25-9(26,11(29,30)13(33,34)15(37,38)17(41,42)19(45,46)21(49,50)23(53,54)55)3-7-65(59,60)63-5-1-2-6-64-66(61,62)8-4-10(27,28)12(31,32)14(35,36)16(39,40)18(43,44)20(47,48)22(51,52)24(56,57)58/h1-8H2. The zero-order chi connectivity index (χ0) is 54.1. The zero-order valence-electron chi connectivity index (χ0n) is 29.8. The van der Waals surface area contributed by atoms with Crippen molar-refractivity contribution in [2.45, 2.75) is 121 Å². The van der Waals surface area contributed by atoms with Crippen molar-refractivity contribution >= 4 is 20.2 Å². The Morgan fingerprint density at radius 3 is 0.606 bits per heavy atom. The van der Waals surface area contributed by atoms with Crippen LogP contribution < -0.4 is 0 Å². The van der Waals surface area contributed by atoms with E-state index < -0.39 is 166 Å². The quantitative estimate of drug-likeness (QED) is 0.0514. The Morgan fingerprint density at radius 2 is 0.424 bits per heavy atom. The summed E-state index contributed by atoms with van der Waals surface area (Å²) in [5.74, 6) is -125. The summed E-state index contributed by atoms with van der Waals surface area (Å²) in [7, 11) is -12.0. The molecule has 0 aromatic carbocycles. The molecule has 0 aliphatic carbocycles. The number of unbranched alkanes of at least 4 members (excludes halogenated alkanes) is 1. The molecule has 0 aromatic rings. The summed E-state index contributed by atoms with van der Waals surface area (Å²) in [6.07, 6.45) is -25.6. The maximum atomic E-state index is 14.0. The lowest BCUT2D eigenvalue weighted by atomic mass is 9.88. The predicted octanol–water partition coefficient (Wildman–Crippen LogP) is 11.3. The Morgan fingerprint density at radius 1 is 0.258 bits per heavy atom. The Kier molecular flexibility index (Phi) is 17.0. The van der Waals surface area contributed by atoms with Crippen LogP contribution in [0.25, 0.3) is 0 Å². The molecule has 0 aliphatic heterocycles. The van der Waals surface area contributed by atoms with E-state index in [-0.39, 0.29) is 0 Å². The van der Waals surface area contributed by atoms with Crippen molar-refractivity contribution in [1.29, 1.82) is 0 Å². The van der Waals surface area contributed by atoms with E-state index in [1.165, 1.54) is 0 Å². The highest BCUT2D eigenvalue weighted by atomic mass is 32.2. The van der Waals surface area contributed by atoms with E-state index in [1.54, 1.807) is 0 Å². The lowest BCUT2D eigenvalue weighted by Crippen LogP contribution is -2.74. The summed E-state index contributed by atoms with van der Waals surface area (Å²) in [4.78, 5) is 0. The molecule has 0 radical (unpaired) electrons. The van der Waals surface area contributed by atoms with Gasteiger partial charge in [-0.3, -0.25) is 8.37 Å². The summed E-state index contributed by atoms with van der Waals surface area (Å²) in [6.45, 7) is -3.30. The number of halogens is 34. The summed E-state index contributed by atoms with van der Waals surface area (Å²) >= 11 is 0. The molecule has 66 heavy (non-hydrogen) atoms. The molecule has 0 atom stereocenters. The van der Waals surface area contributed by atoms with Crippen molar-refractivity contribution in [1.82, 2.24) is 0 Å². The summed E-state index contributed by atoms with van der Waals surface area (Å²) in [6, 6.07) is 0. The molecule has 0 spiro atoms. The van der Waals surface area contributed by atoms with Crippen LogP contribution in [-0.4, -0.2) is 137 Å². The normalized spacial score (nSPS) is 16.6. The summed E-state index contributed by atoms with van der Waals surface area (Å²) < 4.78 is 507. The van der Waals surface area contributed by atoms with E-state index in [4.69, 9.17) is 0 Å². The fraction of sp³-hybridized carbons (Fsp3) is 1.00. The Hall–Kier alpha value is -2.56. The van der Waals surface area contributed by atoms with Crippen molar-refractivity contribution in [2.75, 3.05) is 24.7 Å². The lowest BCUT2D eigenvalue weighted by molar-refractivity contribution is -0.461. The molecule has 0 N–H and O–H groups in total. The first-order valence-corrected chi connectivity index (χ1v) is 18.4. The molecule has 0 aromatic heterocycles. The molecular weight excluding hydrogens is 1090 g/mol. The Balaban J connectivity index is 5.79. The third-order valence-corrected chi connectivity index (χ3v) is 10.4. The average molecular weight is 1110 g/mol. The van der Waals surface area contributed by atoms with E-state index >= 15 is 0 Å². The van der Waals surface area contributed by atoms with Gasteiger partial charge in [-0.25, -0.2) is 0 Å². The van der Waals surface area contributed by atoms with Crippen LogP contribution in [-0.2, 0) is 28.6 Å². The highest BCUT2D eigenvalue weighted by molar-refractivity contribution is 7.86. The number of hydrogen-bond acceptors (Lipinski definition) is 6.